The number of hydrogen-bond donors (Lipinski definition) is 4. The summed E-state index contributed by atoms with van der Waals surface area (Å²) in [7, 11) is 0. The SMILES string of the molecule is CCCCCCCCCCCCCCC[C@@H](O)[C@@H](O)[C@H](CO)NC(=O)CCCCCCCCCCC. The molecule has 4 N–H and O–H groups in total. The van der Waals surface area contributed by atoms with Crippen molar-refractivity contribution >= 4 is 5.91 Å². The number of carbonyl (C=O) groups excluding carboxylic acids is 1. The van der Waals surface area contributed by atoms with Crippen LogP contribution in [0.5, 0.6) is 0 Å². The number of rotatable bonds is 28. The molecule has 0 aliphatic carbocycles. The Morgan fingerprint density at radius 1 is 0.583 bits per heavy atom. The van der Waals surface area contributed by atoms with E-state index in [0.29, 0.717) is 12.8 Å². The molecular formula is C31H63NO4. The molecule has 3 atom stereocenters. The lowest BCUT2D eigenvalue weighted by Gasteiger charge is -2.26. The van der Waals surface area contributed by atoms with Crippen LogP contribution in [0.3, 0.4) is 0 Å². The molecule has 0 heterocycles. The molecule has 0 rings (SSSR count). The maximum absolute atomic E-state index is 12.2. The number of hydrogen-bond acceptors (Lipinski definition) is 4. The molecular weight excluding hydrogens is 450 g/mol. The van der Waals surface area contributed by atoms with E-state index in [2.05, 4.69) is 19.2 Å². The van der Waals surface area contributed by atoms with Gasteiger partial charge in [0.25, 0.3) is 0 Å². The number of aliphatic hydroxyl groups excluding tert-OH is 3. The Kier molecular flexibility index (Phi) is 26.9. The summed E-state index contributed by atoms with van der Waals surface area (Å²) < 4.78 is 0. The van der Waals surface area contributed by atoms with Crippen LogP contribution in [-0.4, -0.2) is 46.1 Å². The molecule has 0 fully saturated rings. The van der Waals surface area contributed by atoms with Crippen molar-refractivity contribution in [3.05, 3.63) is 0 Å². The van der Waals surface area contributed by atoms with Gasteiger partial charge in [-0.1, -0.05) is 149 Å². The Bertz CT molecular complexity index is 460. The third-order valence-electron chi connectivity index (χ3n) is 7.46. The van der Waals surface area contributed by atoms with Gasteiger partial charge in [-0.3, -0.25) is 4.79 Å². The predicted molar refractivity (Wildman–Crippen MR) is 153 cm³/mol. The average Bonchev–Trinajstić information content (AvgIpc) is 2.88. The van der Waals surface area contributed by atoms with Gasteiger partial charge in [0, 0.05) is 6.42 Å². The summed E-state index contributed by atoms with van der Waals surface area (Å²) in [4.78, 5) is 12.2. The van der Waals surface area contributed by atoms with Crippen LogP contribution in [0.4, 0.5) is 0 Å². The van der Waals surface area contributed by atoms with E-state index in [9.17, 15) is 20.1 Å². The van der Waals surface area contributed by atoms with E-state index in [4.69, 9.17) is 0 Å². The second-order valence-corrected chi connectivity index (χ2v) is 11.0. The third-order valence-corrected chi connectivity index (χ3v) is 7.46. The Labute approximate surface area is 224 Å². The highest BCUT2D eigenvalue weighted by Gasteiger charge is 2.26. The molecule has 0 bridgehead atoms. The first kappa shape index (κ1) is 35.4. The molecule has 0 aliphatic rings. The molecule has 0 saturated heterocycles. The van der Waals surface area contributed by atoms with Crippen molar-refractivity contribution in [3.63, 3.8) is 0 Å². The van der Waals surface area contributed by atoms with Gasteiger partial charge >= 0.3 is 0 Å². The smallest absolute Gasteiger partial charge is 0.220 e. The van der Waals surface area contributed by atoms with Gasteiger partial charge in [-0.25, -0.2) is 0 Å². The van der Waals surface area contributed by atoms with Gasteiger partial charge in [0.2, 0.25) is 5.91 Å². The van der Waals surface area contributed by atoms with E-state index in [-0.39, 0.29) is 12.5 Å². The first-order chi connectivity index (χ1) is 17.6. The van der Waals surface area contributed by atoms with Gasteiger partial charge in [0.1, 0.15) is 6.10 Å². The standard InChI is InChI=1S/C31H63NO4/c1-3-5-7-9-11-13-14-15-16-18-19-21-23-25-29(34)31(36)28(27-33)32-30(35)26-24-22-20-17-12-10-8-6-4-2/h28-29,31,33-34,36H,3-27H2,1-2H3,(H,32,35)/t28-,29+,31-/m0/s1. The molecule has 5 heteroatoms. The molecule has 0 spiro atoms. The van der Waals surface area contributed by atoms with Crippen LogP contribution >= 0.6 is 0 Å². The van der Waals surface area contributed by atoms with Gasteiger partial charge in [0.15, 0.2) is 0 Å². The lowest BCUT2D eigenvalue weighted by molar-refractivity contribution is -0.124. The lowest BCUT2D eigenvalue weighted by atomic mass is 9.99. The van der Waals surface area contributed by atoms with Crippen molar-refractivity contribution in [1.82, 2.24) is 5.32 Å². The number of unbranched alkanes of at least 4 members (excludes halogenated alkanes) is 20. The summed E-state index contributed by atoms with van der Waals surface area (Å²) in [6.07, 6.45) is 26.2. The molecule has 5 nitrogen and oxygen atoms in total. The highest BCUT2D eigenvalue weighted by atomic mass is 16.3. The summed E-state index contributed by atoms with van der Waals surface area (Å²) >= 11 is 0. The zero-order valence-electron chi connectivity index (χ0n) is 24.2. The van der Waals surface area contributed by atoms with Crippen LogP contribution < -0.4 is 5.32 Å². The van der Waals surface area contributed by atoms with Gasteiger partial charge < -0.3 is 20.6 Å². The summed E-state index contributed by atoms with van der Waals surface area (Å²) in [6, 6.07) is -0.798. The van der Waals surface area contributed by atoms with Gasteiger partial charge in [0.05, 0.1) is 18.8 Å². The van der Waals surface area contributed by atoms with Crippen LogP contribution in [0.2, 0.25) is 0 Å². The van der Waals surface area contributed by atoms with Gasteiger partial charge in [-0.05, 0) is 12.8 Å². The first-order valence-electron chi connectivity index (χ1n) is 15.8. The van der Waals surface area contributed by atoms with E-state index >= 15 is 0 Å². The Balaban J connectivity index is 3.72. The maximum Gasteiger partial charge on any atom is 0.220 e. The van der Waals surface area contributed by atoms with Crippen molar-refractivity contribution in [2.45, 2.75) is 186 Å². The largest absolute Gasteiger partial charge is 0.394 e. The van der Waals surface area contributed by atoms with Crippen LogP contribution in [0, 0.1) is 0 Å². The molecule has 0 aromatic carbocycles. The van der Waals surface area contributed by atoms with E-state index in [0.717, 1.165) is 38.5 Å². The van der Waals surface area contributed by atoms with Gasteiger partial charge in [-0.15, -0.1) is 0 Å². The van der Waals surface area contributed by atoms with Crippen molar-refractivity contribution in [3.8, 4) is 0 Å². The monoisotopic (exact) mass is 513 g/mol. The minimum absolute atomic E-state index is 0.149. The molecule has 0 radical (unpaired) electrons. The highest BCUT2D eigenvalue weighted by Crippen LogP contribution is 2.15. The Hall–Kier alpha value is -0.650. The molecule has 1 amide bonds. The fourth-order valence-corrected chi connectivity index (χ4v) is 4.92. The van der Waals surface area contributed by atoms with Gasteiger partial charge in [-0.2, -0.15) is 0 Å². The summed E-state index contributed by atoms with van der Waals surface area (Å²) in [5, 5.41) is 33.1. The normalized spacial score (nSPS) is 14.0. The minimum atomic E-state index is -1.13. The van der Waals surface area contributed by atoms with Crippen LogP contribution in [-0.2, 0) is 4.79 Å². The zero-order valence-corrected chi connectivity index (χ0v) is 24.2. The Morgan fingerprint density at radius 2 is 0.944 bits per heavy atom. The van der Waals surface area contributed by atoms with Crippen LogP contribution in [0.1, 0.15) is 168 Å². The first-order valence-corrected chi connectivity index (χ1v) is 15.8. The second kappa shape index (κ2) is 27.4. The number of aliphatic hydroxyl groups is 3. The second-order valence-electron chi connectivity index (χ2n) is 11.0. The van der Waals surface area contributed by atoms with E-state index in [1.165, 1.54) is 103 Å². The van der Waals surface area contributed by atoms with E-state index < -0.39 is 18.2 Å². The number of nitrogens with one attached hydrogen (secondary N) is 1. The van der Waals surface area contributed by atoms with Crippen molar-refractivity contribution in [2.75, 3.05) is 6.61 Å². The molecule has 36 heavy (non-hydrogen) atoms. The molecule has 0 aromatic heterocycles. The predicted octanol–water partition coefficient (Wildman–Crippen LogP) is 7.59. The molecule has 216 valence electrons. The fraction of sp³-hybridized carbons (Fsp3) is 0.968. The molecule has 0 aromatic rings. The minimum Gasteiger partial charge on any atom is -0.394 e. The van der Waals surface area contributed by atoms with Crippen LogP contribution in [0.25, 0.3) is 0 Å². The zero-order chi connectivity index (χ0) is 26.7. The summed E-state index contributed by atoms with van der Waals surface area (Å²) in [5.74, 6) is -0.149. The van der Waals surface area contributed by atoms with Crippen LogP contribution in [0.15, 0.2) is 0 Å². The summed E-state index contributed by atoms with van der Waals surface area (Å²) in [5.41, 5.74) is 0. The quantitative estimate of drug-likeness (QED) is 0.0811. The topological polar surface area (TPSA) is 89.8 Å². The number of carbonyl (C=O) groups is 1. The maximum atomic E-state index is 12.2. The highest BCUT2D eigenvalue weighted by molar-refractivity contribution is 5.76. The van der Waals surface area contributed by atoms with Crippen molar-refractivity contribution < 1.29 is 20.1 Å². The molecule has 0 saturated carbocycles. The average molecular weight is 514 g/mol. The van der Waals surface area contributed by atoms with E-state index in [1.807, 2.05) is 0 Å². The molecule has 0 aliphatic heterocycles. The van der Waals surface area contributed by atoms with Crippen molar-refractivity contribution in [1.29, 1.82) is 0 Å². The summed E-state index contributed by atoms with van der Waals surface area (Å²) in [6.45, 7) is 4.13. The van der Waals surface area contributed by atoms with Crippen molar-refractivity contribution in [2.24, 2.45) is 0 Å². The molecule has 0 unspecified atom stereocenters. The third kappa shape index (κ3) is 22.5. The number of amides is 1. The fourth-order valence-electron chi connectivity index (χ4n) is 4.92. The lowest BCUT2D eigenvalue weighted by Crippen LogP contribution is -2.50. The van der Waals surface area contributed by atoms with E-state index in [1.54, 1.807) is 0 Å². The Morgan fingerprint density at radius 3 is 1.33 bits per heavy atom.